The number of hydrogen-bond donors (Lipinski definition) is 0. The van der Waals surface area contributed by atoms with E-state index in [1.54, 1.807) is 0 Å². The van der Waals surface area contributed by atoms with Crippen LogP contribution in [-0.2, 0) is 0 Å². The summed E-state index contributed by atoms with van der Waals surface area (Å²) in [6, 6.07) is 0. The van der Waals surface area contributed by atoms with Gasteiger partial charge >= 0.3 is 0 Å². The first kappa shape index (κ1) is 15.8. The molecule has 0 atom stereocenters. The maximum absolute atomic E-state index is 3.64. The molecular weight excluding hydrogens is 108 g/mol. The minimum Gasteiger partial charge on any atom is -0.343 e. The third-order valence-electron chi connectivity index (χ3n) is 0.500. The number of hydrogen-bond acceptors (Lipinski definition) is 0. The SMILES string of the molecule is C=C.C=C.[CH2+]CCC[CH2-]. The van der Waals surface area contributed by atoms with E-state index in [-0.39, 0.29) is 0 Å². The summed E-state index contributed by atoms with van der Waals surface area (Å²) in [4.78, 5) is 0. The topological polar surface area (TPSA) is 0 Å². The highest BCUT2D eigenvalue weighted by Gasteiger charge is 1.69. The predicted octanol–water partition coefficient (Wildman–Crippen LogP) is 3.43. The second kappa shape index (κ2) is 53.7. The van der Waals surface area contributed by atoms with Crippen molar-refractivity contribution in [3.05, 3.63) is 40.2 Å². The van der Waals surface area contributed by atoms with Crippen molar-refractivity contribution in [3.63, 3.8) is 0 Å². The van der Waals surface area contributed by atoms with Crippen LogP contribution in [0.15, 0.2) is 26.3 Å². The Balaban J connectivity index is -0.0000000771. The van der Waals surface area contributed by atoms with Gasteiger partial charge in [0.25, 0.3) is 0 Å². The zero-order valence-corrected chi connectivity index (χ0v) is 6.36. The molecule has 0 aromatic rings. The van der Waals surface area contributed by atoms with Crippen LogP contribution in [0, 0.1) is 13.8 Å². The molecule has 54 valence electrons. The molecule has 0 heterocycles. The minimum atomic E-state index is 1.03. The van der Waals surface area contributed by atoms with Gasteiger partial charge in [0.05, 0.1) is 13.3 Å². The number of unbranched alkanes of at least 4 members (excludes halogenated alkanes) is 2. The Bertz CT molecular complexity index is 19.2. The lowest BCUT2D eigenvalue weighted by Gasteiger charge is -1.81. The molecule has 0 aromatic heterocycles. The summed E-state index contributed by atoms with van der Waals surface area (Å²) in [6.07, 6.45) is 3.23. The van der Waals surface area contributed by atoms with Crippen molar-refractivity contribution in [2.75, 3.05) is 0 Å². The van der Waals surface area contributed by atoms with Crippen LogP contribution in [0.4, 0.5) is 0 Å². The molecule has 0 aliphatic rings. The van der Waals surface area contributed by atoms with E-state index >= 15 is 0 Å². The molecular formula is C9H18. The lowest BCUT2D eigenvalue weighted by molar-refractivity contribution is 0.864. The molecule has 0 spiro atoms. The summed E-state index contributed by atoms with van der Waals surface area (Å²) >= 11 is 0. The summed E-state index contributed by atoms with van der Waals surface area (Å²) in [5.41, 5.74) is 0. The first-order valence-electron chi connectivity index (χ1n) is 3.00. The average Bonchev–Trinajstić information content (AvgIpc) is 1.98. The number of rotatable bonds is 2. The zero-order chi connectivity index (χ0) is 8.12. The zero-order valence-electron chi connectivity index (χ0n) is 6.36. The Morgan fingerprint density at radius 3 is 1.44 bits per heavy atom. The Labute approximate surface area is 60.3 Å². The van der Waals surface area contributed by atoms with Gasteiger partial charge in [-0.25, -0.2) is 0 Å². The van der Waals surface area contributed by atoms with Gasteiger partial charge in [0.2, 0.25) is 0 Å². The minimum absolute atomic E-state index is 1.03. The highest BCUT2D eigenvalue weighted by molar-refractivity contribution is 4.41. The summed E-state index contributed by atoms with van der Waals surface area (Å²) in [6.45, 7) is 19.3. The van der Waals surface area contributed by atoms with Crippen molar-refractivity contribution >= 4 is 0 Å². The van der Waals surface area contributed by atoms with Gasteiger partial charge < -0.3 is 6.92 Å². The van der Waals surface area contributed by atoms with Crippen molar-refractivity contribution < 1.29 is 0 Å². The predicted molar refractivity (Wildman–Crippen MR) is 47.1 cm³/mol. The van der Waals surface area contributed by atoms with Crippen LogP contribution in [0.1, 0.15) is 19.3 Å². The van der Waals surface area contributed by atoms with Gasteiger partial charge in [-0.3, -0.25) is 0 Å². The van der Waals surface area contributed by atoms with Crippen LogP contribution in [0.5, 0.6) is 0 Å². The van der Waals surface area contributed by atoms with Gasteiger partial charge in [-0.2, -0.15) is 6.42 Å². The molecule has 0 heteroatoms. The van der Waals surface area contributed by atoms with Crippen LogP contribution in [0.25, 0.3) is 0 Å². The molecule has 0 unspecified atom stereocenters. The summed E-state index contributed by atoms with van der Waals surface area (Å²) < 4.78 is 0. The van der Waals surface area contributed by atoms with Crippen molar-refractivity contribution in [2.45, 2.75) is 19.3 Å². The van der Waals surface area contributed by atoms with Crippen LogP contribution >= 0.6 is 0 Å². The quantitative estimate of drug-likeness (QED) is 0.393. The summed E-state index contributed by atoms with van der Waals surface area (Å²) in [7, 11) is 0. The van der Waals surface area contributed by atoms with Crippen LogP contribution in [-0.4, -0.2) is 0 Å². The molecule has 0 radical (unpaired) electrons. The van der Waals surface area contributed by atoms with E-state index < -0.39 is 0 Å². The standard InChI is InChI=1S/C5H10.2C2H4/c1-3-5-4-2;2*1-2/h1-5H2;2*1-2H2. The fourth-order valence-corrected chi connectivity index (χ4v) is 0.177. The molecule has 0 nitrogen and oxygen atoms in total. The maximum Gasteiger partial charge on any atom is 0.0826 e. The molecule has 0 fully saturated rings. The Morgan fingerprint density at radius 2 is 1.44 bits per heavy atom. The second-order valence-corrected chi connectivity index (χ2v) is 1.06. The van der Waals surface area contributed by atoms with E-state index in [1.165, 1.54) is 6.42 Å². The first-order valence-corrected chi connectivity index (χ1v) is 3.00. The molecule has 0 amide bonds. The van der Waals surface area contributed by atoms with Crippen molar-refractivity contribution in [2.24, 2.45) is 0 Å². The fraction of sp³-hybridized carbons (Fsp3) is 0.333. The van der Waals surface area contributed by atoms with Gasteiger partial charge in [-0.15, -0.1) is 26.3 Å². The van der Waals surface area contributed by atoms with Crippen LogP contribution < -0.4 is 0 Å². The molecule has 0 N–H and O–H groups in total. The van der Waals surface area contributed by atoms with E-state index in [9.17, 15) is 0 Å². The van der Waals surface area contributed by atoms with Crippen LogP contribution in [0.3, 0.4) is 0 Å². The fourth-order valence-electron chi connectivity index (χ4n) is 0.177. The van der Waals surface area contributed by atoms with Crippen molar-refractivity contribution in [1.29, 1.82) is 0 Å². The maximum atomic E-state index is 3.64. The van der Waals surface area contributed by atoms with E-state index in [4.69, 9.17) is 0 Å². The highest BCUT2D eigenvalue weighted by Crippen LogP contribution is 1.87. The van der Waals surface area contributed by atoms with Crippen LogP contribution in [0.2, 0.25) is 0 Å². The molecule has 0 rings (SSSR count). The van der Waals surface area contributed by atoms with Gasteiger partial charge in [0.1, 0.15) is 0 Å². The average molecular weight is 126 g/mol. The first-order chi connectivity index (χ1) is 4.41. The smallest absolute Gasteiger partial charge is 0.0826 e. The van der Waals surface area contributed by atoms with E-state index in [2.05, 4.69) is 40.2 Å². The molecule has 0 saturated carbocycles. The molecule has 9 heavy (non-hydrogen) atoms. The van der Waals surface area contributed by atoms with E-state index in [1.807, 2.05) is 0 Å². The van der Waals surface area contributed by atoms with E-state index in [0.717, 1.165) is 12.8 Å². The largest absolute Gasteiger partial charge is 0.343 e. The van der Waals surface area contributed by atoms with Gasteiger partial charge in [0, 0.05) is 0 Å². The molecule has 0 saturated heterocycles. The summed E-state index contributed by atoms with van der Waals surface area (Å²) in [5.74, 6) is 0. The lowest BCUT2D eigenvalue weighted by atomic mass is 10.3. The molecule has 0 aliphatic carbocycles. The van der Waals surface area contributed by atoms with Gasteiger partial charge in [0.15, 0.2) is 0 Å². The molecule has 0 aliphatic heterocycles. The Morgan fingerprint density at radius 1 is 1.11 bits per heavy atom. The summed E-state index contributed by atoms with van der Waals surface area (Å²) in [5, 5.41) is 0. The van der Waals surface area contributed by atoms with Gasteiger partial charge in [-0.05, 0) is 6.42 Å². The van der Waals surface area contributed by atoms with Crippen molar-refractivity contribution in [1.82, 2.24) is 0 Å². The normalized spacial score (nSPS) is 5.44. The monoisotopic (exact) mass is 126 g/mol. The lowest BCUT2D eigenvalue weighted by Crippen LogP contribution is -1.60. The third-order valence-corrected chi connectivity index (χ3v) is 0.500. The van der Waals surface area contributed by atoms with Gasteiger partial charge in [-0.1, -0.05) is 0 Å². The third kappa shape index (κ3) is 115. The van der Waals surface area contributed by atoms with Crippen molar-refractivity contribution in [3.8, 4) is 0 Å². The molecule has 0 bridgehead atoms. The Hall–Kier alpha value is -0.650. The molecule has 0 aromatic carbocycles. The van der Waals surface area contributed by atoms with E-state index in [0.29, 0.717) is 0 Å². The second-order valence-electron chi connectivity index (χ2n) is 1.06. The highest BCUT2D eigenvalue weighted by atomic mass is 13.7. The Kier molecular flexibility index (Phi) is 94.0.